The first-order chi connectivity index (χ1) is 15.8. The molecule has 0 spiro atoms. The molecule has 0 saturated carbocycles. The van der Waals surface area contributed by atoms with Crippen LogP contribution in [-0.2, 0) is 21.4 Å². The summed E-state index contributed by atoms with van der Waals surface area (Å²) in [7, 11) is -3.55. The van der Waals surface area contributed by atoms with Gasteiger partial charge in [-0.05, 0) is 37.3 Å². The Morgan fingerprint density at radius 3 is 2.42 bits per heavy atom. The van der Waals surface area contributed by atoms with Crippen LogP contribution in [0, 0.1) is 5.92 Å². The number of carbonyl (C=O) groups excluding carboxylic acids is 2. The van der Waals surface area contributed by atoms with E-state index in [4.69, 9.17) is 0 Å². The van der Waals surface area contributed by atoms with E-state index < -0.39 is 27.8 Å². The molecule has 33 heavy (non-hydrogen) atoms. The van der Waals surface area contributed by atoms with Crippen LogP contribution >= 0.6 is 11.3 Å². The Kier molecular flexibility index (Phi) is 6.58. The molecule has 10 nitrogen and oxygen atoms in total. The van der Waals surface area contributed by atoms with Crippen LogP contribution in [0.2, 0.25) is 0 Å². The second-order valence-electron chi connectivity index (χ2n) is 7.57. The van der Waals surface area contributed by atoms with Gasteiger partial charge in [-0.1, -0.05) is 24.3 Å². The summed E-state index contributed by atoms with van der Waals surface area (Å²) < 4.78 is 28.1. The zero-order valence-electron chi connectivity index (χ0n) is 17.9. The van der Waals surface area contributed by atoms with Gasteiger partial charge in [-0.2, -0.15) is 9.40 Å². The fourth-order valence-corrected chi connectivity index (χ4v) is 6.41. The molecule has 1 aliphatic heterocycles. The predicted octanol–water partition coefficient (Wildman–Crippen LogP) is 1.34. The zero-order chi connectivity index (χ0) is 23.6. The number of benzene rings is 1. The molecule has 3 heterocycles. The molecule has 2 aromatic heterocycles. The van der Waals surface area contributed by atoms with Crippen LogP contribution in [-0.4, -0.2) is 47.4 Å². The number of nitrogens with one attached hydrogen (secondary N) is 2. The molecule has 0 bridgehead atoms. The number of piperidine rings is 1. The van der Waals surface area contributed by atoms with Crippen molar-refractivity contribution >= 4 is 43.9 Å². The van der Waals surface area contributed by atoms with Crippen molar-refractivity contribution in [2.75, 3.05) is 13.1 Å². The summed E-state index contributed by atoms with van der Waals surface area (Å²) >= 11 is 1.16. The van der Waals surface area contributed by atoms with Gasteiger partial charge in [0.2, 0.25) is 5.91 Å². The number of hydrogen-bond acceptors (Lipinski definition) is 7. The lowest BCUT2D eigenvalue weighted by Gasteiger charge is -2.30. The van der Waals surface area contributed by atoms with E-state index in [0.717, 1.165) is 11.3 Å². The number of nitrogens with zero attached hydrogens (tertiary/aromatic N) is 3. The summed E-state index contributed by atoms with van der Waals surface area (Å²) in [4.78, 5) is 37.8. The molecule has 3 aromatic rings. The Morgan fingerprint density at radius 1 is 1.09 bits per heavy atom. The lowest BCUT2D eigenvalue weighted by molar-refractivity contribution is -0.126. The van der Waals surface area contributed by atoms with Crippen molar-refractivity contribution in [2.45, 2.75) is 30.5 Å². The number of amides is 2. The van der Waals surface area contributed by atoms with E-state index in [0.29, 0.717) is 30.2 Å². The standard InChI is InChI=1S/C21H23N5O5S2/c1-2-26-21(29)16-7-4-3-6-15(16)18(24-26)20(28)23-22-19(27)14-9-11-25(12-10-14)33(30,31)17-8-5-13-32-17/h3-8,13-14H,2,9-12H2,1H3,(H,22,27)(H,23,28). The van der Waals surface area contributed by atoms with Gasteiger partial charge in [0, 0.05) is 30.9 Å². The number of aromatic nitrogens is 2. The summed E-state index contributed by atoms with van der Waals surface area (Å²) in [5.41, 5.74) is 4.53. The summed E-state index contributed by atoms with van der Waals surface area (Å²) in [6.45, 7) is 2.49. The van der Waals surface area contributed by atoms with Crippen molar-refractivity contribution < 1.29 is 18.0 Å². The van der Waals surface area contributed by atoms with Crippen molar-refractivity contribution in [3.05, 3.63) is 57.8 Å². The summed E-state index contributed by atoms with van der Waals surface area (Å²) in [6.07, 6.45) is 0.683. The third-order valence-electron chi connectivity index (χ3n) is 5.60. The SMILES string of the molecule is CCn1nc(C(=O)NNC(=O)C2CCN(S(=O)(=O)c3cccs3)CC2)c2ccccc2c1=O. The Bertz CT molecular complexity index is 1340. The van der Waals surface area contributed by atoms with Crippen molar-refractivity contribution in [3.63, 3.8) is 0 Å². The van der Waals surface area contributed by atoms with Crippen LogP contribution in [0.15, 0.2) is 50.8 Å². The first-order valence-corrected chi connectivity index (χ1v) is 12.8. The monoisotopic (exact) mass is 489 g/mol. The summed E-state index contributed by atoms with van der Waals surface area (Å²) in [5, 5.41) is 6.61. The average molecular weight is 490 g/mol. The molecule has 0 unspecified atom stereocenters. The van der Waals surface area contributed by atoms with Crippen LogP contribution in [0.4, 0.5) is 0 Å². The molecule has 12 heteroatoms. The molecular weight excluding hydrogens is 466 g/mol. The predicted molar refractivity (Wildman–Crippen MR) is 123 cm³/mol. The number of carbonyl (C=O) groups is 2. The molecule has 1 aliphatic rings. The maximum atomic E-state index is 12.8. The van der Waals surface area contributed by atoms with Gasteiger partial charge in [0.25, 0.3) is 21.5 Å². The lowest BCUT2D eigenvalue weighted by atomic mass is 9.98. The molecule has 0 radical (unpaired) electrons. The highest BCUT2D eigenvalue weighted by atomic mass is 32.2. The number of hydrogen-bond donors (Lipinski definition) is 2. The smallest absolute Gasteiger partial charge is 0.273 e. The normalized spacial score (nSPS) is 15.4. The highest BCUT2D eigenvalue weighted by Gasteiger charge is 2.32. The maximum Gasteiger partial charge on any atom is 0.290 e. The number of sulfonamides is 1. The molecule has 2 N–H and O–H groups in total. The van der Waals surface area contributed by atoms with E-state index in [9.17, 15) is 22.8 Å². The van der Waals surface area contributed by atoms with Crippen molar-refractivity contribution in [3.8, 4) is 0 Å². The molecule has 1 fully saturated rings. The van der Waals surface area contributed by atoms with Gasteiger partial charge in [0.1, 0.15) is 4.21 Å². The highest BCUT2D eigenvalue weighted by molar-refractivity contribution is 7.91. The number of hydrazine groups is 1. The molecule has 1 aromatic carbocycles. The Morgan fingerprint density at radius 2 is 1.79 bits per heavy atom. The number of fused-ring (bicyclic) bond motifs is 1. The van der Waals surface area contributed by atoms with Gasteiger partial charge >= 0.3 is 0 Å². The van der Waals surface area contributed by atoms with Crippen LogP contribution in [0.25, 0.3) is 10.8 Å². The second kappa shape index (κ2) is 9.41. The first kappa shape index (κ1) is 23.1. The third kappa shape index (κ3) is 4.54. The highest BCUT2D eigenvalue weighted by Crippen LogP contribution is 2.26. The minimum atomic E-state index is -3.55. The fourth-order valence-electron chi connectivity index (χ4n) is 3.79. The molecule has 2 amide bonds. The molecular formula is C21H23N5O5S2. The fraction of sp³-hybridized carbons (Fsp3) is 0.333. The number of rotatable bonds is 5. The van der Waals surface area contributed by atoms with Gasteiger partial charge in [-0.25, -0.2) is 13.1 Å². The van der Waals surface area contributed by atoms with Gasteiger partial charge in [0.15, 0.2) is 5.69 Å². The minimum Gasteiger partial charge on any atom is -0.273 e. The first-order valence-electron chi connectivity index (χ1n) is 10.5. The Hall–Kier alpha value is -3.09. The van der Waals surface area contributed by atoms with Crippen LogP contribution in [0.3, 0.4) is 0 Å². The van der Waals surface area contributed by atoms with Gasteiger partial charge < -0.3 is 0 Å². The topological polar surface area (TPSA) is 130 Å². The minimum absolute atomic E-state index is 0.0317. The van der Waals surface area contributed by atoms with Gasteiger partial charge in [-0.15, -0.1) is 11.3 Å². The van der Waals surface area contributed by atoms with E-state index in [2.05, 4.69) is 16.0 Å². The van der Waals surface area contributed by atoms with Crippen LogP contribution in [0.1, 0.15) is 30.3 Å². The largest absolute Gasteiger partial charge is 0.290 e. The molecule has 1 saturated heterocycles. The third-order valence-corrected chi connectivity index (χ3v) is 8.87. The van der Waals surface area contributed by atoms with Gasteiger partial charge in [-0.3, -0.25) is 25.2 Å². The molecule has 174 valence electrons. The van der Waals surface area contributed by atoms with Gasteiger partial charge in [0.05, 0.1) is 5.39 Å². The second-order valence-corrected chi connectivity index (χ2v) is 10.7. The van der Waals surface area contributed by atoms with E-state index in [1.54, 1.807) is 48.7 Å². The Balaban J connectivity index is 1.40. The summed E-state index contributed by atoms with van der Waals surface area (Å²) in [5.74, 6) is -1.47. The van der Waals surface area contributed by atoms with Crippen molar-refractivity contribution in [1.82, 2.24) is 24.9 Å². The van der Waals surface area contributed by atoms with Crippen molar-refractivity contribution in [1.29, 1.82) is 0 Å². The Labute approximate surface area is 194 Å². The zero-order valence-corrected chi connectivity index (χ0v) is 19.5. The van der Waals surface area contributed by atoms with E-state index in [1.165, 1.54) is 8.99 Å². The lowest BCUT2D eigenvalue weighted by Crippen LogP contribution is -2.48. The molecule has 4 rings (SSSR count). The van der Waals surface area contributed by atoms with E-state index >= 15 is 0 Å². The maximum absolute atomic E-state index is 12.8. The number of thiophene rings is 1. The quantitative estimate of drug-likeness (QED) is 0.520. The van der Waals surface area contributed by atoms with Crippen molar-refractivity contribution in [2.24, 2.45) is 5.92 Å². The van der Waals surface area contributed by atoms with E-state index in [-0.39, 0.29) is 28.6 Å². The number of aryl methyl sites for hydroxylation is 1. The molecule has 0 atom stereocenters. The average Bonchev–Trinajstić information content (AvgIpc) is 3.39. The molecule has 0 aliphatic carbocycles. The van der Waals surface area contributed by atoms with Crippen LogP contribution < -0.4 is 16.4 Å². The van der Waals surface area contributed by atoms with Crippen LogP contribution in [0.5, 0.6) is 0 Å². The van der Waals surface area contributed by atoms with E-state index in [1.807, 2.05) is 0 Å². The summed E-state index contributed by atoms with van der Waals surface area (Å²) in [6, 6.07) is 9.91.